The zero-order valence-electron chi connectivity index (χ0n) is 14.0. The average molecular weight is 370 g/mol. The Bertz CT molecular complexity index is 869. The smallest absolute Gasteiger partial charge is 0.323 e. The molecular formula is C16H18N8OS. The number of urea groups is 1. The third kappa shape index (κ3) is 3.10. The quantitative estimate of drug-likeness (QED) is 0.721. The summed E-state index contributed by atoms with van der Waals surface area (Å²) in [4.78, 5) is 26.0. The summed E-state index contributed by atoms with van der Waals surface area (Å²) in [5.41, 5.74) is 4.29. The lowest BCUT2D eigenvalue weighted by Gasteiger charge is -2.33. The summed E-state index contributed by atoms with van der Waals surface area (Å²) in [6.07, 6.45) is 5.33. The highest BCUT2D eigenvalue weighted by Crippen LogP contribution is 2.34. The van der Waals surface area contributed by atoms with Crippen molar-refractivity contribution in [3.05, 3.63) is 29.0 Å². The van der Waals surface area contributed by atoms with E-state index < -0.39 is 0 Å². The van der Waals surface area contributed by atoms with E-state index in [4.69, 9.17) is 0 Å². The first kappa shape index (κ1) is 16.5. The van der Waals surface area contributed by atoms with E-state index in [-0.39, 0.29) is 11.9 Å². The molecule has 0 bridgehead atoms. The van der Waals surface area contributed by atoms with E-state index in [9.17, 15) is 4.79 Å². The van der Waals surface area contributed by atoms with Crippen LogP contribution in [0.4, 0.5) is 15.7 Å². The molecule has 0 saturated carbocycles. The Morgan fingerprint density at radius 3 is 3.23 bits per heavy atom. The summed E-state index contributed by atoms with van der Waals surface area (Å²) in [5, 5.41) is 14.1. The summed E-state index contributed by atoms with van der Waals surface area (Å²) >= 11 is 1.30. The zero-order chi connectivity index (χ0) is 17.9. The van der Waals surface area contributed by atoms with E-state index in [1.807, 2.05) is 12.3 Å². The van der Waals surface area contributed by atoms with Gasteiger partial charge in [0.05, 0.1) is 17.7 Å². The number of fused-ring (bicyclic) bond motifs is 1. The van der Waals surface area contributed by atoms with Crippen LogP contribution in [0, 0.1) is 5.92 Å². The molecule has 2 aliphatic heterocycles. The van der Waals surface area contributed by atoms with Crippen molar-refractivity contribution in [2.75, 3.05) is 18.4 Å². The number of carbonyl (C=O) groups is 1. The fourth-order valence-electron chi connectivity index (χ4n) is 3.32. The standard InChI is InChI=1S/C16H18N8OS/c1-17-12(13-11-4-5-18-14(11)20-8-19-13)10-3-2-6-24(7-10)16(25)22-15-23-21-9-26-15/h4-5,8-10,18H,1-3,6-7H2,(H,19,20)(H,22,23,25)/b13-12-. The van der Waals surface area contributed by atoms with Crippen LogP contribution in [-0.4, -0.2) is 52.3 Å². The molecule has 4 rings (SSSR count). The van der Waals surface area contributed by atoms with Crippen LogP contribution >= 0.6 is 11.3 Å². The van der Waals surface area contributed by atoms with Crippen LogP contribution in [0.15, 0.2) is 33.5 Å². The number of amides is 2. The number of aromatic amines is 1. The van der Waals surface area contributed by atoms with Gasteiger partial charge < -0.3 is 15.2 Å². The molecule has 9 nitrogen and oxygen atoms in total. The molecule has 0 spiro atoms. The number of hydrogen-bond donors (Lipinski definition) is 3. The molecule has 10 heteroatoms. The fraction of sp³-hybridized carbons (Fsp3) is 0.312. The van der Waals surface area contributed by atoms with Crippen molar-refractivity contribution in [3.8, 4) is 0 Å². The Kier molecular flexibility index (Phi) is 4.48. The van der Waals surface area contributed by atoms with Crippen molar-refractivity contribution in [3.63, 3.8) is 0 Å². The van der Waals surface area contributed by atoms with Gasteiger partial charge in [0, 0.05) is 30.8 Å². The van der Waals surface area contributed by atoms with Gasteiger partial charge in [0.1, 0.15) is 11.3 Å². The second-order valence-corrected chi connectivity index (χ2v) is 6.85. The second-order valence-electron chi connectivity index (χ2n) is 6.02. The molecule has 2 amide bonds. The van der Waals surface area contributed by atoms with E-state index in [1.165, 1.54) is 11.3 Å². The third-order valence-electron chi connectivity index (χ3n) is 4.49. The molecular weight excluding hydrogens is 352 g/mol. The highest BCUT2D eigenvalue weighted by atomic mass is 32.1. The highest BCUT2D eigenvalue weighted by molar-refractivity contribution is 7.13. The van der Waals surface area contributed by atoms with E-state index in [2.05, 4.69) is 42.5 Å². The van der Waals surface area contributed by atoms with E-state index in [0.29, 0.717) is 18.2 Å². The van der Waals surface area contributed by atoms with Gasteiger partial charge in [0.2, 0.25) is 5.13 Å². The molecule has 1 fully saturated rings. The number of hydrogen-bond acceptors (Lipinski definition) is 7. The molecule has 1 unspecified atom stereocenters. The maximum atomic E-state index is 12.5. The van der Waals surface area contributed by atoms with Crippen molar-refractivity contribution in [2.45, 2.75) is 12.8 Å². The first-order chi connectivity index (χ1) is 12.8. The lowest BCUT2D eigenvalue weighted by atomic mass is 9.92. The van der Waals surface area contributed by atoms with Gasteiger partial charge in [-0.05, 0) is 25.6 Å². The van der Waals surface area contributed by atoms with Crippen molar-refractivity contribution in [1.82, 2.24) is 25.4 Å². The van der Waals surface area contributed by atoms with Crippen molar-refractivity contribution >= 4 is 47.1 Å². The predicted molar refractivity (Wildman–Crippen MR) is 102 cm³/mol. The first-order valence-corrected chi connectivity index (χ1v) is 9.14. The van der Waals surface area contributed by atoms with Crippen LogP contribution in [0.5, 0.6) is 0 Å². The van der Waals surface area contributed by atoms with Gasteiger partial charge >= 0.3 is 6.03 Å². The number of nitrogens with zero attached hydrogens (tertiary/aromatic N) is 5. The molecule has 2 aliphatic rings. The van der Waals surface area contributed by atoms with Crippen LogP contribution in [-0.2, 0) is 0 Å². The van der Waals surface area contributed by atoms with Gasteiger partial charge in [0.15, 0.2) is 0 Å². The van der Waals surface area contributed by atoms with Crippen LogP contribution in [0.2, 0.25) is 0 Å². The zero-order valence-corrected chi connectivity index (χ0v) is 14.8. The number of likely N-dealkylation sites (tertiary alicyclic amines) is 1. The number of aromatic nitrogens is 3. The summed E-state index contributed by atoms with van der Waals surface area (Å²) in [7, 11) is 0. The number of carbonyl (C=O) groups excluding carboxylic acids is 1. The topological polar surface area (TPSA) is 111 Å². The molecule has 134 valence electrons. The molecule has 1 saturated heterocycles. The molecule has 0 radical (unpaired) electrons. The monoisotopic (exact) mass is 370 g/mol. The Morgan fingerprint density at radius 1 is 1.50 bits per heavy atom. The Hall–Kier alpha value is -3.01. The molecule has 1 atom stereocenters. The number of nitrogens with one attached hydrogen (secondary N) is 3. The minimum absolute atomic E-state index is 0.0955. The van der Waals surface area contributed by atoms with Gasteiger partial charge in [-0.1, -0.05) is 11.3 Å². The van der Waals surface area contributed by atoms with Crippen LogP contribution in [0.3, 0.4) is 0 Å². The Balaban J connectivity index is 1.55. The fourth-order valence-corrected chi connectivity index (χ4v) is 3.75. The van der Waals surface area contributed by atoms with Crippen molar-refractivity contribution in [2.24, 2.45) is 15.9 Å². The maximum absolute atomic E-state index is 12.5. The number of rotatable bonds is 3. The summed E-state index contributed by atoms with van der Waals surface area (Å²) < 4.78 is 0. The minimum Gasteiger partial charge on any atom is -0.346 e. The number of piperidine rings is 1. The molecule has 26 heavy (non-hydrogen) atoms. The summed E-state index contributed by atoms with van der Waals surface area (Å²) in [5.74, 6) is 0.889. The van der Waals surface area contributed by atoms with Crippen molar-refractivity contribution < 1.29 is 4.79 Å². The molecule has 2 aromatic rings. The number of anilines is 1. The minimum atomic E-state index is -0.166. The highest BCUT2D eigenvalue weighted by Gasteiger charge is 2.29. The van der Waals surface area contributed by atoms with Crippen LogP contribution < -0.4 is 10.6 Å². The predicted octanol–water partition coefficient (Wildman–Crippen LogP) is 2.44. The van der Waals surface area contributed by atoms with Gasteiger partial charge in [-0.25, -0.2) is 9.79 Å². The summed E-state index contributed by atoms with van der Waals surface area (Å²) in [6.45, 7) is 5.03. The molecule has 3 N–H and O–H groups in total. The molecule has 0 aromatic carbocycles. The van der Waals surface area contributed by atoms with E-state index >= 15 is 0 Å². The van der Waals surface area contributed by atoms with Crippen LogP contribution in [0.1, 0.15) is 18.4 Å². The van der Waals surface area contributed by atoms with Gasteiger partial charge in [-0.2, -0.15) is 0 Å². The lowest BCUT2D eigenvalue weighted by Crippen LogP contribution is -2.43. The van der Waals surface area contributed by atoms with E-state index in [1.54, 1.807) is 16.7 Å². The first-order valence-electron chi connectivity index (χ1n) is 8.26. The van der Waals surface area contributed by atoms with Gasteiger partial charge in [0.25, 0.3) is 0 Å². The molecule has 4 heterocycles. The average Bonchev–Trinajstić information content (AvgIpc) is 3.34. The third-order valence-corrected chi connectivity index (χ3v) is 5.10. The number of aliphatic imine (C=N–C) groups is 2. The molecule has 2 aromatic heterocycles. The lowest BCUT2D eigenvalue weighted by molar-refractivity contribution is 0.185. The Labute approximate surface area is 154 Å². The Morgan fingerprint density at radius 2 is 2.42 bits per heavy atom. The normalized spacial score (nSPS) is 20.9. The SMILES string of the molecule is C=N/C(=C1\NC=Nc2[nH]ccc21)C1CCCN(C(=O)Nc2nncs2)C1. The van der Waals surface area contributed by atoms with Gasteiger partial charge in [-0.15, -0.1) is 10.2 Å². The number of H-pyrrole nitrogens is 1. The van der Waals surface area contributed by atoms with E-state index in [0.717, 1.165) is 35.6 Å². The van der Waals surface area contributed by atoms with Crippen LogP contribution in [0.25, 0.3) is 5.70 Å². The molecule has 0 aliphatic carbocycles. The largest absolute Gasteiger partial charge is 0.346 e. The van der Waals surface area contributed by atoms with Gasteiger partial charge in [-0.3, -0.25) is 10.3 Å². The second kappa shape index (κ2) is 7.08. The maximum Gasteiger partial charge on any atom is 0.323 e. The van der Waals surface area contributed by atoms with Crippen molar-refractivity contribution in [1.29, 1.82) is 0 Å². The summed E-state index contributed by atoms with van der Waals surface area (Å²) in [6, 6.07) is 1.79.